The summed E-state index contributed by atoms with van der Waals surface area (Å²) in [5, 5.41) is 11.7. The number of benzene rings is 1. The Morgan fingerprint density at radius 3 is 2.62 bits per heavy atom. The molecule has 0 saturated carbocycles. The quantitative estimate of drug-likeness (QED) is 0.216. The molecule has 5 heterocycles. The number of amides is 3. The summed E-state index contributed by atoms with van der Waals surface area (Å²) in [5.41, 5.74) is 1.18. The monoisotopic (exact) mass is 738 g/mol. The van der Waals surface area contributed by atoms with E-state index in [0.29, 0.717) is 37.2 Å². The fourth-order valence-electron chi connectivity index (χ4n) is 6.74. The Bertz CT molecular complexity index is 1890. The molecule has 2 fully saturated rings. The van der Waals surface area contributed by atoms with Crippen molar-refractivity contribution in [3.05, 3.63) is 54.6 Å². The minimum atomic E-state index is -3.08. The van der Waals surface area contributed by atoms with Crippen molar-refractivity contribution < 1.29 is 27.9 Å². The van der Waals surface area contributed by atoms with Gasteiger partial charge in [-0.15, -0.1) is 11.8 Å². The molecule has 1 aromatic carbocycles. The standard InChI is InChI=1S/C35H44F2N10O4S/c1-23-18-43(21-30(48)42(2)3)14-15-45(23)19-24-8-12-44(13-9-24)31(49)22-46-20-28(40-34(50)27-17-39-47-11-5-10-38-33(27)47)32(41-46)26-16-25(52-4)6-7-29(26)51-35(36)37/h5-7,10-11,16-17,20,23-24,35H,8-9,12-15,18-19,21-22H2,1-4H3,(H,40,50)/t23-/m0/s1. The summed E-state index contributed by atoms with van der Waals surface area (Å²) in [7, 11) is 3.56. The number of fused-ring (bicyclic) bond motifs is 1. The molecule has 2 saturated heterocycles. The number of alkyl halides is 2. The molecular weight excluding hydrogens is 695 g/mol. The molecule has 0 unspecified atom stereocenters. The van der Waals surface area contributed by atoms with Crippen molar-refractivity contribution in [2.75, 3.05) is 71.5 Å². The number of piperidine rings is 1. The van der Waals surface area contributed by atoms with Crippen LogP contribution in [0.2, 0.25) is 0 Å². The Hall–Kier alpha value is -4.61. The number of anilines is 1. The Kier molecular flexibility index (Phi) is 11.7. The van der Waals surface area contributed by atoms with Crippen LogP contribution in [0.5, 0.6) is 5.75 Å². The third-order valence-electron chi connectivity index (χ3n) is 9.66. The number of likely N-dealkylation sites (N-methyl/N-ethyl adjacent to an activating group) is 1. The number of hydrogen-bond acceptors (Lipinski definition) is 10. The maximum atomic E-state index is 13.6. The van der Waals surface area contributed by atoms with Gasteiger partial charge in [-0.1, -0.05) is 0 Å². The lowest BCUT2D eigenvalue weighted by atomic mass is 9.95. The predicted molar refractivity (Wildman–Crippen MR) is 192 cm³/mol. The number of hydrogen-bond donors (Lipinski definition) is 1. The fourth-order valence-corrected chi connectivity index (χ4v) is 7.18. The van der Waals surface area contributed by atoms with Crippen LogP contribution in [0.25, 0.3) is 16.9 Å². The van der Waals surface area contributed by atoms with E-state index >= 15 is 0 Å². The van der Waals surface area contributed by atoms with Gasteiger partial charge in [-0.25, -0.2) is 9.50 Å². The van der Waals surface area contributed by atoms with Crippen molar-refractivity contribution in [2.45, 2.75) is 43.9 Å². The lowest BCUT2D eigenvalue weighted by Gasteiger charge is -2.42. The Balaban J connectivity index is 1.14. The van der Waals surface area contributed by atoms with Crippen molar-refractivity contribution in [3.8, 4) is 17.0 Å². The average Bonchev–Trinajstić information content (AvgIpc) is 3.73. The maximum Gasteiger partial charge on any atom is 0.387 e. The van der Waals surface area contributed by atoms with Crippen molar-refractivity contribution in [1.82, 2.24) is 44.0 Å². The highest BCUT2D eigenvalue weighted by molar-refractivity contribution is 7.98. The summed E-state index contributed by atoms with van der Waals surface area (Å²) >= 11 is 1.41. The van der Waals surface area contributed by atoms with Gasteiger partial charge in [0, 0.05) is 88.5 Å². The molecular formula is C35H44F2N10O4S. The van der Waals surface area contributed by atoms with E-state index in [1.807, 2.05) is 11.2 Å². The summed E-state index contributed by atoms with van der Waals surface area (Å²) in [6.45, 7) is 4.21. The van der Waals surface area contributed by atoms with E-state index in [-0.39, 0.29) is 46.6 Å². The lowest BCUT2D eigenvalue weighted by Crippen LogP contribution is -2.55. The van der Waals surface area contributed by atoms with Gasteiger partial charge in [-0.2, -0.15) is 19.0 Å². The number of nitrogens with one attached hydrogen (secondary N) is 1. The van der Waals surface area contributed by atoms with Crippen molar-refractivity contribution in [1.29, 1.82) is 0 Å². The molecule has 3 amide bonds. The van der Waals surface area contributed by atoms with Crippen LogP contribution in [-0.4, -0.2) is 141 Å². The second kappa shape index (κ2) is 16.4. The van der Waals surface area contributed by atoms with E-state index in [9.17, 15) is 23.2 Å². The van der Waals surface area contributed by atoms with Crippen LogP contribution < -0.4 is 10.1 Å². The number of likely N-dealkylation sites (tertiary alicyclic amines) is 1. The minimum Gasteiger partial charge on any atom is -0.434 e. The number of carbonyl (C=O) groups is 3. The van der Waals surface area contributed by atoms with E-state index in [2.05, 4.69) is 37.2 Å². The second-order valence-electron chi connectivity index (χ2n) is 13.4. The molecule has 278 valence electrons. The molecule has 0 radical (unpaired) electrons. The first-order valence-corrected chi connectivity index (χ1v) is 18.5. The molecule has 0 bridgehead atoms. The van der Waals surface area contributed by atoms with Gasteiger partial charge < -0.3 is 19.9 Å². The molecule has 6 rings (SSSR count). The number of halogens is 2. The first-order chi connectivity index (χ1) is 25.0. The largest absolute Gasteiger partial charge is 0.434 e. The van der Waals surface area contributed by atoms with Gasteiger partial charge in [0.25, 0.3) is 5.91 Å². The van der Waals surface area contributed by atoms with Crippen molar-refractivity contribution in [3.63, 3.8) is 0 Å². The maximum absolute atomic E-state index is 13.6. The highest BCUT2D eigenvalue weighted by atomic mass is 32.2. The molecule has 4 aromatic rings. The van der Waals surface area contributed by atoms with Crippen LogP contribution in [0.15, 0.2) is 53.9 Å². The number of aromatic nitrogens is 5. The SMILES string of the molecule is CSc1ccc(OC(F)F)c(-c2nn(CC(=O)N3CCC(CN4CCN(CC(=O)N(C)C)C[C@@H]4C)CC3)cc2NC(=O)c2cnn3cccnc23)c1. The van der Waals surface area contributed by atoms with Crippen LogP contribution in [0, 0.1) is 5.92 Å². The highest BCUT2D eigenvalue weighted by Crippen LogP contribution is 2.38. The van der Waals surface area contributed by atoms with Gasteiger partial charge in [-0.3, -0.25) is 28.9 Å². The van der Waals surface area contributed by atoms with E-state index < -0.39 is 12.5 Å². The number of piperazine rings is 1. The van der Waals surface area contributed by atoms with Crippen LogP contribution in [-0.2, 0) is 16.1 Å². The zero-order valence-corrected chi connectivity index (χ0v) is 30.6. The fraction of sp³-hybridized carbons (Fsp3) is 0.486. The number of ether oxygens (including phenoxy) is 1. The molecule has 1 atom stereocenters. The summed E-state index contributed by atoms with van der Waals surface area (Å²) in [5.74, 6) is -0.214. The van der Waals surface area contributed by atoms with Crippen molar-refractivity contribution in [2.24, 2.45) is 5.92 Å². The second-order valence-corrected chi connectivity index (χ2v) is 14.3. The Morgan fingerprint density at radius 2 is 1.90 bits per heavy atom. The van der Waals surface area contributed by atoms with Gasteiger partial charge in [0.2, 0.25) is 11.8 Å². The minimum absolute atomic E-state index is 0.107. The third-order valence-corrected chi connectivity index (χ3v) is 10.4. The predicted octanol–water partition coefficient (Wildman–Crippen LogP) is 3.50. The van der Waals surface area contributed by atoms with E-state index in [1.165, 1.54) is 39.4 Å². The van der Waals surface area contributed by atoms with Crippen LogP contribution in [0.3, 0.4) is 0 Å². The Morgan fingerprint density at radius 1 is 1.12 bits per heavy atom. The van der Waals surface area contributed by atoms with Crippen molar-refractivity contribution >= 4 is 40.8 Å². The molecule has 17 heteroatoms. The van der Waals surface area contributed by atoms with Gasteiger partial charge >= 0.3 is 6.61 Å². The lowest BCUT2D eigenvalue weighted by molar-refractivity contribution is -0.134. The molecule has 3 aromatic heterocycles. The molecule has 1 N–H and O–H groups in total. The van der Waals surface area contributed by atoms with Gasteiger partial charge in [0.05, 0.1) is 18.4 Å². The van der Waals surface area contributed by atoms with Crippen LogP contribution >= 0.6 is 11.8 Å². The van der Waals surface area contributed by atoms with Crippen LogP contribution in [0.1, 0.15) is 30.1 Å². The summed E-state index contributed by atoms with van der Waals surface area (Å²) in [4.78, 5) is 52.5. The molecule has 2 aliphatic rings. The highest BCUT2D eigenvalue weighted by Gasteiger charge is 2.30. The molecule has 2 aliphatic heterocycles. The summed E-state index contributed by atoms with van der Waals surface area (Å²) in [6.07, 6.45) is 9.72. The summed E-state index contributed by atoms with van der Waals surface area (Å²) < 4.78 is 34.7. The zero-order valence-electron chi connectivity index (χ0n) is 29.7. The van der Waals surface area contributed by atoms with E-state index in [0.717, 1.165) is 43.9 Å². The normalized spacial score (nSPS) is 17.5. The zero-order chi connectivity index (χ0) is 36.9. The Labute approximate surface area is 305 Å². The molecule has 52 heavy (non-hydrogen) atoms. The smallest absolute Gasteiger partial charge is 0.387 e. The number of thioether (sulfide) groups is 1. The van der Waals surface area contributed by atoms with E-state index in [4.69, 9.17) is 4.74 Å². The van der Waals surface area contributed by atoms with Gasteiger partial charge in [-0.05, 0) is 56.2 Å². The first kappa shape index (κ1) is 37.2. The third kappa shape index (κ3) is 8.70. The summed E-state index contributed by atoms with van der Waals surface area (Å²) in [6, 6.07) is 6.79. The number of nitrogens with zero attached hydrogens (tertiary/aromatic N) is 9. The van der Waals surface area contributed by atoms with Gasteiger partial charge in [0.1, 0.15) is 23.6 Å². The molecule has 0 spiro atoms. The van der Waals surface area contributed by atoms with Crippen LogP contribution in [0.4, 0.5) is 14.5 Å². The van der Waals surface area contributed by atoms with Gasteiger partial charge in [0.15, 0.2) is 5.65 Å². The topological polar surface area (TPSA) is 133 Å². The molecule has 14 nitrogen and oxygen atoms in total. The molecule has 0 aliphatic carbocycles. The average molecular weight is 739 g/mol. The number of carbonyl (C=O) groups excluding carboxylic acids is 3. The number of rotatable bonds is 12. The first-order valence-electron chi connectivity index (χ1n) is 17.2. The van der Waals surface area contributed by atoms with E-state index in [1.54, 1.807) is 49.6 Å².